The molecule has 1 heterocycles. The van der Waals surface area contributed by atoms with E-state index in [-0.39, 0.29) is 6.04 Å². The molecule has 0 saturated carbocycles. The number of aromatic nitrogens is 2. The Morgan fingerprint density at radius 1 is 1.30 bits per heavy atom. The molecule has 1 atom stereocenters. The standard InChI is InChI=1S/C13H15Cl3N4/c1-7-13(16)11(20(2)19-7)6-10(18-17)12-8(14)4-3-5-9(12)15/h3-5,10,18H,6,17H2,1-2H3. The Hall–Kier alpha value is -0.780. The summed E-state index contributed by atoms with van der Waals surface area (Å²) < 4.78 is 1.74. The number of aryl methyl sites for hydroxylation is 2. The van der Waals surface area contributed by atoms with Gasteiger partial charge in [0.25, 0.3) is 0 Å². The van der Waals surface area contributed by atoms with Gasteiger partial charge in [-0.05, 0) is 19.1 Å². The van der Waals surface area contributed by atoms with Crippen molar-refractivity contribution in [2.24, 2.45) is 12.9 Å². The quantitative estimate of drug-likeness (QED) is 0.665. The summed E-state index contributed by atoms with van der Waals surface area (Å²) in [6.07, 6.45) is 0.538. The van der Waals surface area contributed by atoms with Gasteiger partial charge in [-0.1, -0.05) is 40.9 Å². The summed E-state index contributed by atoms with van der Waals surface area (Å²) in [4.78, 5) is 0. The van der Waals surface area contributed by atoms with E-state index < -0.39 is 0 Å². The monoisotopic (exact) mass is 332 g/mol. The van der Waals surface area contributed by atoms with Gasteiger partial charge in [-0.3, -0.25) is 16.0 Å². The van der Waals surface area contributed by atoms with Crippen LogP contribution in [0.25, 0.3) is 0 Å². The third-order valence-electron chi connectivity index (χ3n) is 3.21. The van der Waals surface area contributed by atoms with Crippen LogP contribution in [0.5, 0.6) is 0 Å². The number of benzene rings is 1. The molecule has 0 aliphatic heterocycles. The summed E-state index contributed by atoms with van der Waals surface area (Å²) in [5, 5.41) is 6.05. The molecule has 0 aliphatic carbocycles. The van der Waals surface area contributed by atoms with Gasteiger partial charge in [0.05, 0.1) is 22.5 Å². The van der Waals surface area contributed by atoms with Crippen molar-refractivity contribution in [2.75, 3.05) is 0 Å². The molecule has 0 amide bonds. The fourth-order valence-electron chi connectivity index (χ4n) is 2.18. The molecule has 4 nitrogen and oxygen atoms in total. The highest BCUT2D eigenvalue weighted by Crippen LogP contribution is 2.33. The molecular weight excluding hydrogens is 319 g/mol. The lowest BCUT2D eigenvalue weighted by Crippen LogP contribution is -2.30. The average Bonchev–Trinajstić information content (AvgIpc) is 2.63. The highest BCUT2D eigenvalue weighted by Gasteiger charge is 2.21. The van der Waals surface area contributed by atoms with Crippen molar-refractivity contribution in [3.8, 4) is 0 Å². The molecule has 0 fully saturated rings. The van der Waals surface area contributed by atoms with Crippen LogP contribution in [-0.2, 0) is 13.5 Å². The van der Waals surface area contributed by atoms with Crippen molar-refractivity contribution in [3.05, 3.63) is 50.2 Å². The highest BCUT2D eigenvalue weighted by atomic mass is 35.5. The summed E-state index contributed by atoms with van der Waals surface area (Å²) >= 11 is 18.7. The van der Waals surface area contributed by atoms with Crippen molar-refractivity contribution in [2.45, 2.75) is 19.4 Å². The smallest absolute Gasteiger partial charge is 0.0847 e. The minimum Gasteiger partial charge on any atom is -0.271 e. The van der Waals surface area contributed by atoms with Gasteiger partial charge in [0.1, 0.15) is 0 Å². The molecule has 20 heavy (non-hydrogen) atoms. The first kappa shape index (κ1) is 15.6. The molecule has 1 aromatic carbocycles. The molecule has 0 spiro atoms. The molecule has 0 radical (unpaired) electrons. The van der Waals surface area contributed by atoms with Crippen LogP contribution >= 0.6 is 34.8 Å². The van der Waals surface area contributed by atoms with E-state index in [1.165, 1.54) is 0 Å². The molecule has 1 aromatic heterocycles. The average molecular weight is 334 g/mol. The minimum atomic E-state index is -0.247. The van der Waals surface area contributed by atoms with Crippen LogP contribution in [0.15, 0.2) is 18.2 Å². The number of hydrogen-bond acceptors (Lipinski definition) is 3. The Balaban J connectivity index is 2.39. The van der Waals surface area contributed by atoms with Crippen LogP contribution < -0.4 is 11.3 Å². The maximum Gasteiger partial charge on any atom is 0.0847 e. The van der Waals surface area contributed by atoms with Crippen LogP contribution in [-0.4, -0.2) is 9.78 Å². The van der Waals surface area contributed by atoms with Crippen molar-refractivity contribution < 1.29 is 0 Å². The van der Waals surface area contributed by atoms with E-state index in [9.17, 15) is 0 Å². The molecule has 2 aromatic rings. The van der Waals surface area contributed by atoms with E-state index in [0.717, 1.165) is 17.0 Å². The Kier molecular flexibility index (Phi) is 4.94. The predicted octanol–water partition coefficient (Wildman–Crippen LogP) is 3.44. The molecule has 108 valence electrons. The van der Waals surface area contributed by atoms with E-state index in [1.807, 2.05) is 14.0 Å². The zero-order valence-electron chi connectivity index (χ0n) is 11.1. The van der Waals surface area contributed by atoms with Gasteiger partial charge < -0.3 is 0 Å². The van der Waals surface area contributed by atoms with Gasteiger partial charge in [-0.15, -0.1) is 0 Å². The third kappa shape index (κ3) is 2.95. The Morgan fingerprint density at radius 3 is 2.35 bits per heavy atom. The first-order valence-electron chi connectivity index (χ1n) is 6.03. The van der Waals surface area contributed by atoms with Crippen molar-refractivity contribution >= 4 is 34.8 Å². The zero-order valence-corrected chi connectivity index (χ0v) is 13.4. The minimum absolute atomic E-state index is 0.247. The Bertz CT molecular complexity index is 604. The van der Waals surface area contributed by atoms with Crippen LogP contribution in [0.2, 0.25) is 15.1 Å². The number of hydrazine groups is 1. The number of halogens is 3. The van der Waals surface area contributed by atoms with Crippen molar-refractivity contribution in [3.63, 3.8) is 0 Å². The number of nitrogens with zero attached hydrogens (tertiary/aromatic N) is 2. The summed E-state index contributed by atoms with van der Waals surface area (Å²) in [5.74, 6) is 5.66. The Morgan fingerprint density at radius 2 is 1.90 bits per heavy atom. The molecule has 0 bridgehead atoms. The zero-order chi connectivity index (χ0) is 14.9. The molecule has 2 rings (SSSR count). The fraction of sp³-hybridized carbons (Fsp3) is 0.308. The third-order valence-corrected chi connectivity index (χ3v) is 4.36. The lowest BCUT2D eigenvalue weighted by atomic mass is 10.0. The van der Waals surface area contributed by atoms with E-state index >= 15 is 0 Å². The number of nitrogens with two attached hydrogens (primary N) is 1. The number of hydrogen-bond donors (Lipinski definition) is 2. The van der Waals surface area contributed by atoms with Gasteiger partial charge in [0, 0.05) is 29.1 Å². The second-order valence-corrected chi connectivity index (χ2v) is 5.72. The number of rotatable bonds is 4. The molecule has 3 N–H and O–H groups in total. The van der Waals surface area contributed by atoms with Gasteiger partial charge in [0.2, 0.25) is 0 Å². The van der Waals surface area contributed by atoms with Crippen LogP contribution in [0.4, 0.5) is 0 Å². The maximum absolute atomic E-state index is 6.26. The molecule has 1 unspecified atom stereocenters. The first-order chi connectivity index (χ1) is 9.45. The van der Waals surface area contributed by atoms with E-state index in [0.29, 0.717) is 21.5 Å². The number of nitrogens with one attached hydrogen (secondary N) is 1. The summed E-state index contributed by atoms with van der Waals surface area (Å²) in [6, 6.07) is 5.11. The first-order valence-corrected chi connectivity index (χ1v) is 7.17. The van der Waals surface area contributed by atoms with Gasteiger partial charge in [0.15, 0.2) is 0 Å². The highest BCUT2D eigenvalue weighted by molar-refractivity contribution is 6.36. The van der Waals surface area contributed by atoms with Crippen molar-refractivity contribution in [1.82, 2.24) is 15.2 Å². The van der Waals surface area contributed by atoms with Crippen molar-refractivity contribution in [1.29, 1.82) is 0 Å². The SMILES string of the molecule is Cc1nn(C)c(CC(NN)c2c(Cl)cccc2Cl)c1Cl. The lowest BCUT2D eigenvalue weighted by Gasteiger charge is -2.19. The van der Waals surface area contributed by atoms with Gasteiger partial charge in [-0.2, -0.15) is 5.10 Å². The van der Waals surface area contributed by atoms with Gasteiger partial charge in [-0.25, -0.2) is 0 Å². The second kappa shape index (κ2) is 6.33. The molecule has 0 saturated heterocycles. The molecular formula is C13H15Cl3N4. The van der Waals surface area contributed by atoms with Gasteiger partial charge >= 0.3 is 0 Å². The second-order valence-electron chi connectivity index (χ2n) is 4.53. The fourth-order valence-corrected chi connectivity index (χ4v) is 3.08. The lowest BCUT2D eigenvalue weighted by molar-refractivity contribution is 0.530. The van der Waals surface area contributed by atoms with Crippen LogP contribution in [0.1, 0.15) is 23.0 Å². The summed E-state index contributed by atoms with van der Waals surface area (Å²) in [5.41, 5.74) is 5.16. The predicted molar refractivity (Wildman–Crippen MR) is 83.2 cm³/mol. The normalized spacial score (nSPS) is 12.7. The van der Waals surface area contributed by atoms with E-state index in [2.05, 4.69) is 10.5 Å². The molecule has 0 aliphatic rings. The van der Waals surface area contributed by atoms with Crippen LogP contribution in [0.3, 0.4) is 0 Å². The maximum atomic E-state index is 6.26. The van der Waals surface area contributed by atoms with E-state index in [4.69, 9.17) is 40.6 Å². The Labute approximate surface area is 132 Å². The topological polar surface area (TPSA) is 55.9 Å². The van der Waals surface area contributed by atoms with Crippen LogP contribution in [0, 0.1) is 6.92 Å². The summed E-state index contributed by atoms with van der Waals surface area (Å²) in [6.45, 7) is 1.86. The van der Waals surface area contributed by atoms with E-state index in [1.54, 1.807) is 22.9 Å². The summed E-state index contributed by atoms with van der Waals surface area (Å²) in [7, 11) is 1.84. The largest absolute Gasteiger partial charge is 0.271 e. The molecule has 7 heteroatoms.